The number of benzene rings is 1. The Balaban J connectivity index is 2.34. The first-order chi connectivity index (χ1) is 7.36. The highest BCUT2D eigenvalue weighted by Crippen LogP contribution is 2.04. The Hall–Kier alpha value is -1.96. The van der Waals surface area contributed by atoms with Gasteiger partial charge in [-0.15, -0.1) is 0 Å². The molecule has 0 atom stereocenters. The molecular weight excluding hydrogens is 186 g/mol. The minimum absolute atomic E-state index is 0.149. The summed E-state index contributed by atoms with van der Waals surface area (Å²) in [5.41, 5.74) is 1.71. The summed E-state index contributed by atoms with van der Waals surface area (Å²) in [6.07, 6.45) is 2.16. The van der Waals surface area contributed by atoms with E-state index in [1.165, 1.54) is 6.20 Å². The third-order valence-corrected chi connectivity index (χ3v) is 2.20. The van der Waals surface area contributed by atoms with Crippen LogP contribution in [-0.2, 0) is 6.42 Å². The van der Waals surface area contributed by atoms with Gasteiger partial charge in [0, 0.05) is 18.2 Å². The predicted octanol–water partition coefficient (Wildman–Crippen LogP) is 2.03. The number of hydrogen-bond acceptors (Lipinski definition) is 2. The van der Waals surface area contributed by atoms with Crippen LogP contribution in [-0.4, -0.2) is 4.98 Å². The second kappa shape index (κ2) is 4.51. The zero-order valence-electron chi connectivity index (χ0n) is 8.26. The summed E-state index contributed by atoms with van der Waals surface area (Å²) >= 11 is 0. The van der Waals surface area contributed by atoms with Crippen molar-refractivity contribution in [3.63, 3.8) is 0 Å². The van der Waals surface area contributed by atoms with E-state index in [0.29, 0.717) is 6.42 Å². The van der Waals surface area contributed by atoms with Crippen LogP contribution in [0.4, 0.5) is 0 Å². The molecule has 1 aromatic heterocycles. The van der Waals surface area contributed by atoms with Crippen molar-refractivity contribution in [3.8, 4) is 0 Å². The van der Waals surface area contributed by atoms with Gasteiger partial charge in [0.05, 0.1) is 0 Å². The van der Waals surface area contributed by atoms with Crippen LogP contribution in [0.2, 0.25) is 0 Å². The highest BCUT2D eigenvalue weighted by molar-refractivity contribution is 5.23. The third kappa shape index (κ3) is 2.50. The van der Waals surface area contributed by atoms with E-state index in [-0.39, 0.29) is 5.56 Å². The molecule has 2 nitrogen and oxygen atoms in total. The molecule has 0 unspecified atom stereocenters. The van der Waals surface area contributed by atoms with E-state index in [0.717, 1.165) is 11.1 Å². The maximum atomic E-state index is 11.5. The monoisotopic (exact) mass is 197 g/mol. The van der Waals surface area contributed by atoms with Crippen molar-refractivity contribution in [1.82, 2.24) is 4.98 Å². The smallest absolute Gasteiger partial charge is 0.267 e. The summed E-state index contributed by atoms with van der Waals surface area (Å²) < 4.78 is 0. The van der Waals surface area contributed by atoms with Crippen LogP contribution in [0.5, 0.6) is 0 Å². The molecule has 1 aromatic carbocycles. The molecule has 0 saturated heterocycles. The largest absolute Gasteiger partial charge is 0.273 e. The van der Waals surface area contributed by atoms with Gasteiger partial charge in [0.1, 0.15) is 0 Å². The van der Waals surface area contributed by atoms with E-state index in [9.17, 15) is 4.79 Å². The van der Waals surface area contributed by atoms with Crippen LogP contribution < -0.4 is 5.56 Å². The normalized spacial score (nSPS) is 9.87. The number of rotatable bonds is 2. The van der Waals surface area contributed by atoms with E-state index >= 15 is 0 Å². The summed E-state index contributed by atoms with van der Waals surface area (Å²) in [6.45, 7) is 0. The Morgan fingerprint density at radius 2 is 1.67 bits per heavy atom. The lowest BCUT2D eigenvalue weighted by molar-refractivity contribution is 1.12. The second-order valence-electron chi connectivity index (χ2n) is 3.32. The Morgan fingerprint density at radius 3 is 2.47 bits per heavy atom. The topological polar surface area (TPSA) is 30.0 Å². The van der Waals surface area contributed by atoms with Gasteiger partial charge in [0.15, 0.2) is 0 Å². The van der Waals surface area contributed by atoms with Crippen LogP contribution in [0.1, 0.15) is 11.1 Å². The van der Waals surface area contributed by atoms with E-state index < -0.39 is 0 Å². The van der Waals surface area contributed by atoms with Crippen molar-refractivity contribution in [2.45, 2.75) is 6.42 Å². The summed E-state index contributed by atoms with van der Waals surface area (Å²) in [7, 11) is 0. The van der Waals surface area contributed by atoms with Gasteiger partial charge in [-0.2, -0.15) is 0 Å². The highest BCUT2D eigenvalue weighted by atomic mass is 16.1. The van der Waals surface area contributed by atoms with Crippen molar-refractivity contribution < 1.29 is 0 Å². The molecule has 2 heteroatoms. The first-order valence-electron chi connectivity index (χ1n) is 4.84. The molecule has 0 amide bonds. The quantitative estimate of drug-likeness (QED) is 0.737. The first kappa shape index (κ1) is 9.59. The summed E-state index contributed by atoms with van der Waals surface area (Å²) in [5, 5.41) is 0. The molecule has 0 aliphatic carbocycles. The third-order valence-electron chi connectivity index (χ3n) is 2.20. The minimum Gasteiger partial charge on any atom is -0.267 e. The zero-order chi connectivity index (χ0) is 10.5. The molecule has 0 N–H and O–H groups in total. The fraction of sp³-hybridized carbons (Fsp3) is 0.0769. The number of aromatic nitrogens is 1. The summed E-state index contributed by atoms with van der Waals surface area (Å²) in [4.78, 5) is 15.3. The fourth-order valence-electron chi connectivity index (χ4n) is 1.44. The summed E-state index contributed by atoms with van der Waals surface area (Å²) in [5.74, 6) is 0. The molecule has 0 saturated carbocycles. The van der Waals surface area contributed by atoms with Crippen molar-refractivity contribution >= 4 is 0 Å². The van der Waals surface area contributed by atoms with Gasteiger partial charge in [-0.05, 0) is 11.6 Å². The van der Waals surface area contributed by atoms with Crippen LogP contribution in [0.3, 0.4) is 0 Å². The molecule has 0 aliphatic rings. The molecular formula is C13H11NO. The van der Waals surface area contributed by atoms with Gasteiger partial charge in [0.2, 0.25) is 0 Å². The number of hydrogen-bond donors (Lipinski definition) is 0. The van der Waals surface area contributed by atoms with Crippen molar-refractivity contribution in [2.24, 2.45) is 0 Å². The Bertz CT molecular complexity index is 494. The molecule has 0 bridgehead atoms. The standard InChI is InChI=1S/C13H11NO/c15-13-12(8-4-5-9-14-13)10-11-6-2-1-3-7-11/h1-9H,10H2. The Labute approximate surface area is 88.2 Å². The van der Waals surface area contributed by atoms with Gasteiger partial charge in [-0.1, -0.05) is 42.5 Å². The van der Waals surface area contributed by atoms with Crippen LogP contribution in [0, 0.1) is 0 Å². The molecule has 0 spiro atoms. The molecule has 2 rings (SSSR count). The minimum atomic E-state index is -0.149. The maximum absolute atomic E-state index is 11.5. The average molecular weight is 197 g/mol. The van der Waals surface area contributed by atoms with Crippen LogP contribution >= 0.6 is 0 Å². The molecule has 1 heterocycles. The van der Waals surface area contributed by atoms with E-state index in [2.05, 4.69) is 4.98 Å². The Kier molecular flexibility index (Phi) is 2.88. The molecule has 0 aliphatic heterocycles. The molecule has 15 heavy (non-hydrogen) atoms. The average Bonchev–Trinajstić information content (AvgIpc) is 2.46. The number of nitrogens with zero attached hydrogens (tertiary/aromatic N) is 1. The Morgan fingerprint density at radius 1 is 0.933 bits per heavy atom. The van der Waals surface area contributed by atoms with Crippen molar-refractivity contribution in [1.29, 1.82) is 0 Å². The molecule has 74 valence electrons. The van der Waals surface area contributed by atoms with Gasteiger partial charge in [-0.25, -0.2) is 4.98 Å². The summed E-state index contributed by atoms with van der Waals surface area (Å²) in [6, 6.07) is 15.3. The molecule has 2 aromatic rings. The van der Waals surface area contributed by atoms with Gasteiger partial charge in [-0.3, -0.25) is 4.79 Å². The van der Waals surface area contributed by atoms with Crippen LogP contribution in [0.25, 0.3) is 0 Å². The molecule has 0 radical (unpaired) electrons. The SMILES string of the molecule is O=c1nccccc1Cc1ccccc1. The van der Waals surface area contributed by atoms with Crippen molar-refractivity contribution in [2.75, 3.05) is 0 Å². The second-order valence-corrected chi connectivity index (χ2v) is 3.32. The highest BCUT2D eigenvalue weighted by Gasteiger charge is 1.98. The fourth-order valence-corrected chi connectivity index (χ4v) is 1.44. The van der Waals surface area contributed by atoms with E-state index in [1.54, 1.807) is 6.07 Å². The maximum Gasteiger partial charge on any atom is 0.273 e. The van der Waals surface area contributed by atoms with Gasteiger partial charge < -0.3 is 0 Å². The first-order valence-corrected chi connectivity index (χ1v) is 4.84. The lowest BCUT2D eigenvalue weighted by Gasteiger charge is -1.97. The van der Waals surface area contributed by atoms with Gasteiger partial charge in [0.25, 0.3) is 5.56 Å². The van der Waals surface area contributed by atoms with Crippen molar-refractivity contribution in [3.05, 3.63) is 76.2 Å². The van der Waals surface area contributed by atoms with Crippen LogP contribution in [0.15, 0.2) is 59.5 Å². The lowest BCUT2D eigenvalue weighted by atomic mass is 10.1. The zero-order valence-corrected chi connectivity index (χ0v) is 8.26. The van der Waals surface area contributed by atoms with Gasteiger partial charge >= 0.3 is 0 Å². The molecule has 0 fully saturated rings. The predicted molar refractivity (Wildman–Crippen MR) is 59.8 cm³/mol. The lowest BCUT2D eigenvalue weighted by Crippen LogP contribution is -2.08. The van der Waals surface area contributed by atoms with E-state index in [1.807, 2.05) is 42.5 Å². The van der Waals surface area contributed by atoms with E-state index in [4.69, 9.17) is 0 Å².